The zero-order chi connectivity index (χ0) is 24.1. The molecule has 0 bridgehead atoms. The van der Waals surface area contributed by atoms with Crippen LogP contribution in [0.1, 0.15) is 51.5 Å². The molecule has 1 aromatic carbocycles. The largest absolute Gasteiger partial charge is 0.467 e. The molecule has 2 rings (SSSR count). The van der Waals surface area contributed by atoms with Crippen LogP contribution in [0.3, 0.4) is 0 Å². The third kappa shape index (κ3) is 8.50. The molecule has 0 aliphatic heterocycles. The van der Waals surface area contributed by atoms with Gasteiger partial charge in [0, 0.05) is 32.2 Å². The van der Waals surface area contributed by atoms with Gasteiger partial charge in [-0.2, -0.15) is 0 Å². The summed E-state index contributed by atoms with van der Waals surface area (Å²) in [5.41, 5.74) is 2.66. The van der Waals surface area contributed by atoms with Crippen molar-refractivity contribution in [2.75, 3.05) is 32.2 Å². The van der Waals surface area contributed by atoms with E-state index >= 15 is 0 Å². The number of pyridine rings is 1. The summed E-state index contributed by atoms with van der Waals surface area (Å²) >= 11 is 0. The Morgan fingerprint density at radius 2 is 1.76 bits per heavy atom. The number of benzene rings is 1. The van der Waals surface area contributed by atoms with Gasteiger partial charge >= 0.3 is 12.0 Å². The summed E-state index contributed by atoms with van der Waals surface area (Å²) in [6.07, 6.45) is 5.60. The van der Waals surface area contributed by atoms with Crippen molar-refractivity contribution in [2.45, 2.75) is 58.5 Å². The van der Waals surface area contributed by atoms with Gasteiger partial charge in [0.1, 0.15) is 5.82 Å². The standard InChI is InChI=1S/C26H37N3O4/c1-5-7-8-9-10-18-27-26(31)29(3)24-13-11-12-22(28-24)21-16-14-20(15-17-21)19-23(33-6-2)25(30)32-4/h11-17,23H,5-10,18-19H2,1-4H3,(H,27,31)/t23-/m0/s1. The molecular formula is C26H37N3O4. The van der Waals surface area contributed by atoms with Crippen LogP contribution in [0.15, 0.2) is 42.5 Å². The first-order valence-electron chi connectivity index (χ1n) is 11.8. The molecule has 0 aliphatic carbocycles. The van der Waals surface area contributed by atoms with Crippen molar-refractivity contribution in [1.29, 1.82) is 0 Å². The van der Waals surface area contributed by atoms with Crippen LogP contribution < -0.4 is 10.2 Å². The molecule has 1 N–H and O–H groups in total. The Balaban J connectivity index is 1.99. The number of carbonyl (C=O) groups excluding carboxylic acids is 2. The highest BCUT2D eigenvalue weighted by molar-refractivity contribution is 5.90. The molecule has 1 atom stereocenters. The average Bonchev–Trinajstić information content (AvgIpc) is 2.85. The van der Waals surface area contributed by atoms with Crippen LogP contribution in [0.5, 0.6) is 0 Å². The molecular weight excluding hydrogens is 418 g/mol. The van der Waals surface area contributed by atoms with E-state index in [0.29, 0.717) is 25.4 Å². The number of aromatic nitrogens is 1. The van der Waals surface area contributed by atoms with E-state index in [4.69, 9.17) is 9.47 Å². The molecule has 0 aliphatic rings. The van der Waals surface area contributed by atoms with Gasteiger partial charge in [0.15, 0.2) is 6.10 Å². The molecule has 7 heteroatoms. The van der Waals surface area contributed by atoms with Crippen LogP contribution in [0.2, 0.25) is 0 Å². The molecule has 33 heavy (non-hydrogen) atoms. The van der Waals surface area contributed by atoms with Crippen molar-refractivity contribution >= 4 is 17.8 Å². The monoisotopic (exact) mass is 455 g/mol. The molecule has 0 saturated carbocycles. The summed E-state index contributed by atoms with van der Waals surface area (Å²) < 4.78 is 10.3. The first-order chi connectivity index (χ1) is 16.0. The lowest BCUT2D eigenvalue weighted by Crippen LogP contribution is -2.38. The molecule has 1 aromatic heterocycles. The highest BCUT2D eigenvalue weighted by Crippen LogP contribution is 2.21. The van der Waals surface area contributed by atoms with Gasteiger partial charge < -0.3 is 14.8 Å². The van der Waals surface area contributed by atoms with Crippen LogP contribution in [0.4, 0.5) is 10.6 Å². The number of anilines is 1. The number of hydrogen-bond acceptors (Lipinski definition) is 5. The minimum Gasteiger partial charge on any atom is -0.467 e. The Hall–Kier alpha value is -2.93. The minimum absolute atomic E-state index is 0.157. The van der Waals surface area contributed by atoms with Crippen molar-refractivity contribution in [3.05, 3.63) is 48.0 Å². The predicted octanol–water partition coefficient (Wildman–Crippen LogP) is 4.99. The topological polar surface area (TPSA) is 80.8 Å². The quantitative estimate of drug-likeness (QED) is 0.340. The van der Waals surface area contributed by atoms with Crippen molar-refractivity contribution in [2.24, 2.45) is 0 Å². The normalized spacial score (nSPS) is 11.6. The van der Waals surface area contributed by atoms with E-state index < -0.39 is 6.10 Å². The Labute approximate surface area is 197 Å². The molecule has 0 fully saturated rings. The van der Waals surface area contributed by atoms with Gasteiger partial charge in [-0.15, -0.1) is 0 Å². The van der Waals surface area contributed by atoms with E-state index in [1.54, 1.807) is 7.05 Å². The Morgan fingerprint density at radius 1 is 1.03 bits per heavy atom. The lowest BCUT2D eigenvalue weighted by molar-refractivity contribution is -0.153. The fourth-order valence-electron chi connectivity index (χ4n) is 3.49. The van der Waals surface area contributed by atoms with Gasteiger partial charge in [-0.25, -0.2) is 14.6 Å². The van der Waals surface area contributed by atoms with Crippen LogP contribution in [0.25, 0.3) is 11.3 Å². The molecule has 0 unspecified atom stereocenters. The summed E-state index contributed by atoms with van der Waals surface area (Å²) in [5.74, 6) is 0.208. The third-order valence-electron chi connectivity index (χ3n) is 5.44. The molecule has 7 nitrogen and oxygen atoms in total. The highest BCUT2D eigenvalue weighted by atomic mass is 16.6. The number of amides is 2. The predicted molar refractivity (Wildman–Crippen MR) is 131 cm³/mol. The first kappa shape index (κ1) is 26.3. The number of ether oxygens (including phenoxy) is 2. The van der Waals surface area contributed by atoms with Gasteiger partial charge in [0.2, 0.25) is 0 Å². The zero-order valence-corrected chi connectivity index (χ0v) is 20.3. The fourth-order valence-corrected chi connectivity index (χ4v) is 3.49. The summed E-state index contributed by atoms with van der Waals surface area (Å²) in [5, 5.41) is 2.96. The second kappa shape index (κ2) is 14.3. The molecule has 2 aromatic rings. The summed E-state index contributed by atoms with van der Waals surface area (Å²) in [6.45, 7) is 5.15. The van der Waals surface area contributed by atoms with Crippen LogP contribution >= 0.6 is 0 Å². The Kier molecular flexibility index (Phi) is 11.4. The van der Waals surface area contributed by atoms with Crippen molar-refractivity contribution in [3.8, 4) is 11.3 Å². The van der Waals surface area contributed by atoms with Crippen molar-refractivity contribution in [1.82, 2.24) is 10.3 Å². The summed E-state index contributed by atoms with van der Waals surface area (Å²) in [7, 11) is 3.09. The lowest BCUT2D eigenvalue weighted by atomic mass is 10.0. The number of nitrogens with one attached hydrogen (secondary N) is 1. The molecule has 0 spiro atoms. The molecule has 2 amide bonds. The Morgan fingerprint density at radius 3 is 2.42 bits per heavy atom. The zero-order valence-electron chi connectivity index (χ0n) is 20.3. The average molecular weight is 456 g/mol. The van der Waals surface area contributed by atoms with E-state index in [-0.39, 0.29) is 12.0 Å². The SMILES string of the molecule is CCCCCCCNC(=O)N(C)c1cccc(-c2ccc(C[C@H](OCC)C(=O)OC)cc2)n1. The molecule has 180 valence electrons. The number of methoxy groups -OCH3 is 1. The van der Waals surface area contributed by atoms with E-state index in [9.17, 15) is 9.59 Å². The number of carbonyl (C=O) groups is 2. The number of nitrogens with zero attached hydrogens (tertiary/aromatic N) is 2. The van der Waals surface area contributed by atoms with Gasteiger partial charge in [-0.1, -0.05) is 62.9 Å². The van der Waals surface area contributed by atoms with E-state index in [2.05, 4.69) is 17.2 Å². The lowest BCUT2D eigenvalue weighted by Gasteiger charge is -2.18. The molecule has 0 radical (unpaired) electrons. The van der Waals surface area contributed by atoms with Crippen LogP contribution in [-0.4, -0.2) is 50.4 Å². The van der Waals surface area contributed by atoms with E-state index in [1.807, 2.05) is 49.4 Å². The van der Waals surface area contributed by atoms with Crippen molar-refractivity contribution in [3.63, 3.8) is 0 Å². The Bertz CT molecular complexity index is 870. The second-order valence-electron chi connectivity index (χ2n) is 7.95. The fraction of sp³-hybridized carbons (Fsp3) is 0.500. The van der Waals surface area contributed by atoms with Crippen molar-refractivity contribution < 1.29 is 19.1 Å². The maximum absolute atomic E-state index is 12.5. The van der Waals surface area contributed by atoms with E-state index in [0.717, 1.165) is 29.7 Å². The second-order valence-corrected chi connectivity index (χ2v) is 7.95. The van der Waals surface area contributed by atoms with Gasteiger partial charge in [0.25, 0.3) is 0 Å². The maximum Gasteiger partial charge on any atom is 0.335 e. The number of urea groups is 1. The minimum atomic E-state index is -0.619. The number of hydrogen-bond donors (Lipinski definition) is 1. The maximum atomic E-state index is 12.5. The summed E-state index contributed by atoms with van der Waals surface area (Å²) in [4.78, 5) is 30.6. The van der Waals surface area contributed by atoms with E-state index in [1.165, 1.54) is 31.3 Å². The van der Waals surface area contributed by atoms with Gasteiger partial charge in [0.05, 0.1) is 12.8 Å². The first-order valence-corrected chi connectivity index (χ1v) is 11.8. The molecule has 0 saturated heterocycles. The van der Waals surface area contributed by atoms with Crippen LogP contribution in [0, 0.1) is 0 Å². The smallest absolute Gasteiger partial charge is 0.335 e. The highest BCUT2D eigenvalue weighted by Gasteiger charge is 2.20. The summed E-state index contributed by atoms with van der Waals surface area (Å²) in [6, 6.07) is 13.3. The van der Waals surface area contributed by atoms with Gasteiger partial charge in [-0.05, 0) is 31.0 Å². The van der Waals surface area contributed by atoms with Gasteiger partial charge in [-0.3, -0.25) is 4.90 Å². The number of esters is 1. The number of unbranched alkanes of at least 4 members (excludes halogenated alkanes) is 4. The number of rotatable bonds is 13. The third-order valence-corrected chi connectivity index (χ3v) is 5.44. The molecule has 1 heterocycles. The van der Waals surface area contributed by atoms with Crippen LogP contribution in [-0.2, 0) is 20.7 Å².